The van der Waals surface area contributed by atoms with E-state index in [-0.39, 0.29) is 11.1 Å². The number of halogens is 2. The molecule has 4 nitrogen and oxygen atoms in total. The molecule has 0 amide bonds. The number of anilines is 1. The maximum absolute atomic E-state index is 13.3. The summed E-state index contributed by atoms with van der Waals surface area (Å²) in [5.74, 6) is -0.108. The van der Waals surface area contributed by atoms with Crippen LogP contribution in [-0.2, 0) is 4.74 Å². The van der Waals surface area contributed by atoms with Crippen molar-refractivity contribution in [3.8, 4) is 0 Å². The zero-order valence-corrected chi connectivity index (χ0v) is 9.75. The molecular formula is C11H11ClFN3O. The van der Waals surface area contributed by atoms with Crippen LogP contribution in [0.3, 0.4) is 0 Å². The highest BCUT2D eigenvalue weighted by molar-refractivity contribution is 6.31. The predicted molar refractivity (Wildman–Crippen MR) is 63.6 cm³/mol. The predicted octanol–water partition coefficient (Wildman–Crippen LogP) is 2.37. The number of hydrogen-bond donors (Lipinski definition) is 1. The highest BCUT2D eigenvalue weighted by Crippen LogP contribution is 2.30. The first kappa shape index (κ1) is 10.8. The lowest BCUT2D eigenvalue weighted by molar-refractivity contribution is 0.187. The second-order valence-electron chi connectivity index (χ2n) is 4.11. The van der Waals surface area contributed by atoms with Crippen molar-refractivity contribution in [1.82, 2.24) is 9.55 Å². The standard InChI is InChI=1S/C11H11ClFN3O/c12-7-3-10-9(4-8(7)13)15-11(14)16(10)6-1-2-17-5-6/h3-4,6H,1-2,5H2,(H2,14,15). The molecule has 1 aromatic heterocycles. The van der Waals surface area contributed by atoms with E-state index in [0.717, 1.165) is 11.9 Å². The maximum Gasteiger partial charge on any atom is 0.201 e. The molecule has 0 saturated carbocycles. The number of imidazole rings is 1. The Morgan fingerprint density at radius 3 is 3.06 bits per heavy atom. The van der Waals surface area contributed by atoms with Gasteiger partial charge in [-0.1, -0.05) is 11.6 Å². The minimum atomic E-state index is -0.480. The van der Waals surface area contributed by atoms with E-state index in [0.29, 0.717) is 24.7 Å². The Balaban J connectivity index is 2.22. The first-order valence-electron chi connectivity index (χ1n) is 5.37. The third-order valence-corrected chi connectivity index (χ3v) is 3.32. The molecule has 0 bridgehead atoms. The third kappa shape index (κ3) is 1.66. The third-order valence-electron chi connectivity index (χ3n) is 3.03. The van der Waals surface area contributed by atoms with Crippen molar-refractivity contribution in [2.75, 3.05) is 18.9 Å². The van der Waals surface area contributed by atoms with Gasteiger partial charge in [-0.05, 0) is 12.5 Å². The molecule has 2 heterocycles. The van der Waals surface area contributed by atoms with Crippen molar-refractivity contribution in [3.05, 3.63) is 23.0 Å². The van der Waals surface area contributed by atoms with Crippen LogP contribution < -0.4 is 5.73 Å². The Hall–Kier alpha value is -1.33. The molecule has 2 aromatic rings. The van der Waals surface area contributed by atoms with Crippen LogP contribution in [0.1, 0.15) is 12.5 Å². The van der Waals surface area contributed by atoms with E-state index in [1.165, 1.54) is 6.07 Å². The normalized spacial score (nSPS) is 20.2. The summed E-state index contributed by atoms with van der Waals surface area (Å²) in [6, 6.07) is 3.02. The average molecular weight is 256 g/mol. The van der Waals surface area contributed by atoms with E-state index >= 15 is 0 Å². The fraction of sp³-hybridized carbons (Fsp3) is 0.364. The van der Waals surface area contributed by atoms with E-state index in [1.807, 2.05) is 4.57 Å². The van der Waals surface area contributed by atoms with Gasteiger partial charge < -0.3 is 15.0 Å². The molecule has 3 rings (SSSR count). The number of fused-ring (bicyclic) bond motifs is 1. The summed E-state index contributed by atoms with van der Waals surface area (Å²) in [4.78, 5) is 4.15. The van der Waals surface area contributed by atoms with E-state index in [2.05, 4.69) is 4.98 Å². The maximum atomic E-state index is 13.3. The van der Waals surface area contributed by atoms with Gasteiger partial charge in [0, 0.05) is 12.7 Å². The van der Waals surface area contributed by atoms with E-state index in [9.17, 15) is 4.39 Å². The zero-order valence-electron chi connectivity index (χ0n) is 8.99. The van der Waals surface area contributed by atoms with Crippen LogP contribution in [0.25, 0.3) is 11.0 Å². The zero-order chi connectivity index (χ0) is 12.0. The van der Waals surface area contributed by atoms with E-state index < -0.39 is 5.82 Å². The van der Waals surface area contributed by atoms with Crippen molar-refractivity contribution in [3.63, 3.8) is 0 Å². The monoisotopic (exact) mass is 255 g/mol. The van der Waals surface area contributed by atoms with Gasteiger partial charge in [-0.15, -0.1) is 0 Å². The van der Waals surface area contributed by atoms with Crippen LogP contribution in [0.4, 0.5) is 10.3 Å². The van der Waals surface area contributed by atoms with Gasteiger partial charge in [0.05, 0.1) is 28.7 Å². The second-order valence-corrected chi connectivity index (χ2v) is 4.52. The molecule has 6 heteroatoms. The molecule has 1 unspecified atom stereocenters. The lowest BCUT2D eigenvalue weighted by atomic mass is 10.2. The van der Waals surface area contributed by atoms with Gasteiger partial charge in [-0.3, -0.25) is 0 Å². The Labute approximate surface area is 102 Å². The van der Waals surface area contributed by atoms with Gasteiger partial charge in [-0.2, -0.15) is 0 Å². The van der Waals surface area contributed by atoms with Gasteiger partial charge in [0.1, 0.15) is 5.82 Å². The lowest BCUT2D eigenvalue weighted by Crippen LogP contribution is -2.11. The van der Waals surface area contributed by atoms with Crippen LogP contribution in [0, 0.1) is 5.82 Å². The van der Waals surface area contributed by atoms with Crippen molar-refractivity contribution in [2.24, 2.45) is 0 Å². The molecule has 0 spiro atoms. The minimum Gasteiger partial charge on any atom is -0.379 e. The van der Waals surface area contributed by atoms with E-state index in [4.69, 9.17) is 22.1 Å². The molecule has 1 saturated heterocycles. The van der Waals surface area contributed by atoms with E-state index in [1.54, 1.807) is 6.07 Å². The van der Waals surface area contributed by atoms with Gasteiger partial charge in [0.15, 0.2) is 0 Å². The number of benzene rings is 1. The highest BCUT2D eigenvalue weighted by Gasteiger charge is 2.22. The molecule has 0 aliphatic carbocycles. The van der Waals surface area contributed by atoms with Crippen molar-refractivity contribution < 1.29 is 9.13 Å². The Morgan fingerprint density at radius 2 is 2.35 bits per heavy atom. The molecule has 2 N–H and O–H groups in total. The number of rotatable bonds is 1. The number of hydrogen-bond acceptors (Lipinski definition) is 3. The molecule has 0 radical (unpaired) electrons. The van der Waals surface area contributed by atoms with Crippen molar-refractivity contribution in [1.29, 1.82) is 0 Å². The Bertz CT molecular complexity index is 578. The first-order chi connectivity index (χ1) is 8.16. The van der Waals surface area contributed by atoms with Gasteiger partial charge in [0.2, 0.25) is 5.95 Å². The van der Waals surface area contributed by atoms with Crippen LogP contribution in [0.5, 0.6) is 0 Å². The SMILES string of the molecule is Nc1nc2cc(F)c(Cl)cc2n1C1CCOC1. The smallest absolute Gasteiger partial charge is 0.201 e. The summed E-state index contributed by atoms with van der Waals surface area (Å²) in [7, 11) is 0. The summed E-state index contributed by atoms with van der Waals surface area (Å²) in [5.41, 5.74) is 7.14. The van der Waals surface area contributed by atoms with Crippen molar-refractivity contribution >= 4 is 28.6 Å². The fourth-order valence-electron chi connectivity index (χ4n) is 2.22. The number of ether oxygens (including phenoxy) is 1. The quantitative estimate of drug-likeness (QED) is 0.851. The number of nitrogen functional groups attached to an aromatic ring is 1. The van der Waals surface area contributed by atoms with Crippen LogP contribution >= 0.6 is 11.6 Å². The summed E-state index contributed by atoms with van der Waals surface area (Å²) in [5, 5.41) is 0.0811. The number of aromatic nitrogens is 2. The molecule has 1 aliphatic rings. The molecule has 1 aromatic carbocycles. The second kappa shape index (κ2) is 3.85. The molecule has 1 atom stereocenters. The molecule has 90 valence electrons. The minimum absolute atomic E-state index is 0.0811. The Morgan fingerprint density at radius 1 is 1.53 bits per heavy atom. The summed E-state index contributed by atoms with van der Waals surface area (Å²) in [6.07, 6.45) is 0.880. The topological polar surface area (TPSA) is 53.1 Å². The lowest BCUT2D eigenvalue weighted by Gasteiger charge is -2.12. The average Bonchev–Trinajstić information content (AvgIpc) is 2.86. The summed E-state index contributed by atoms with van der Waals surface area (Å²) < 4.78 is 20.5. The number of nitrogens with two attached hydrogens (primary N) is 1. The fourth-order valence-corrected chi connectivity index (χ4v) is 2.38. The van der Waals surface area contributed by atoms with Gasteiger partial charge in [0.25, 0.3) is 0 Å². The Kier molecular flexibility index (Phi) is 2.45. The summed E-state index contributed by atoms with van der Waals surface area (Å²) in [6.45, 7) is 1.31. The molecule has 1 aliphatic heterocycles. The van der Waals surface area contributed by atoms with Crippen LogP contribution in [-0.4, -0.2) is 22.8 Å². The molecule has 1 fully saturated rings. The number of nitrogens with zero attached hydrogens (tertiary/aromatic N) is 2. The van der Waals surface area contributed by atoms with Crippen LogP contribution in [0.2, 0.25) is 5.02 Å². The molecular weight excluding hydrogens is 245 g/mol. The highest BCUT2D eigenvalue weighted by atomic mass is 35.5. The summed E-state index contributed by atoms with van der Waals surface area (Å²) >= 11 is 5.79. The van der Waals surface area contributed by atoms with Crippen LogP contribution in [0.15, 0.2) is 12.1 Å². The first-order valence-corrected chi connectivity index (χ1v) is 5.75. The van der Waals surface area contributed by atoms with Gasteiger partial charge in [-0.25, -0.2) is 9.37 Å². The van der Waals surface area contributed by atoms with Crippen molar-refractivity contribution in [2.45, 2.75) is 12.5 Å². The largest absolute Gasteiger partial charge is 0.379 e. The molecule has 17 heavy (non-hydrogen) atoms. The van der Waals surface area contributed by atoms with Gasteiger partial charge >= 0.3 is 0 Å².